The van der Waals surface area contributed by atoms with E-state index >= 15 is 0 Å². The summed E-state index contributed by atoms with van der Waals surface area (Å²) in [5, 5.41) is 0.901. The van der Waals surface area contributed by atoms with Crippen LogP contribution < -0.4 is 10.8 Å². The van der Waals surface area contributed by atoms with E-state index < -0.39 is 8.07 Å². The van der Waals surface area contributed by atoms with Gasteiger partial charge in [-0.2, -0.15) is 0 Å². The van der Waals surface area contributed by atoms with Crippen molar-refractivity contribution in [3.05, 3.63) is 52.1 Å². The molecule has 0 bridgehead atoms. The van der Waals surface area contributed by atoms with E-state index in [1.807, 2.05) is 25.1 Å². The van der Waals surface area contributed by atoms with Crippen molar-refractivity contribution in [2.75, 3.05) is 0 Å². The Morgan fingerprint density at radius 2 is 1.70 bits per heavy atom. The lowest BCUT2D eigenvalue weighted by Crippen LogP contribution is -2.48. The fraction of sp³-hybridized carbons (Fsp3) is 0.353. The summed E-state index contributed by atoms with van der Waals surface area (Å²) in [5.74, 6) is 0.802. The van der Waals surface area contributed by atoms with Crippen LogP contribution in [0.2, 0.25) is 19.6 Å². The zero-order valence-corrected chi connectivity index (χ0v) is 13.9. The zero-order valence-electron chi connectivity index (χ0n) is 12.9. The first-order valence-corrected chi connectivity index (χ1v) is 10.6. The monoisotopic (exact) mass is 286 g/mol. The molecule has 1 aromatic heterocycles. The van der Waals surface area contributed by atoms with Crippen molar-refractivity contribution in [3.8, 4) is 11.1 Å². The molecule has 1 heterocycles. The van der Waals surface area contributed by atoms with Crippen molar-refractivity contribution in [1.82, 2.24) is 0 Å². The van der Waals surface area contributed by atoms with E-state index in [4.69, 9.17) is 4.42 Å². The molecule has 0 fully saturated rings. The number of benzene rings is 1. The number of rotatable bonds is 3. The molecule has 0 amide bonds. The average Bonchev–Trinajstić information content (AvgIpc) is 2.40. The van der Waals surface area contributed by atoms with Crippen LogP contribution in [0.3, 0.4) is 0 Å². The standard InChI is InChI=1S/C17H22O2Si/c1-6-14-12(2)15(13-10-8-7-9-11-13)16(17(18)19-14)20(3,4)5/h7-11H,6H2,1-5H3. The quantitative estimate of drug-likeness (QED) is 0.805. The Morgan fingerprint density at radius 3 is 2.20 bits per heavy atom. The summed E-state index contributed by atoms with van der Waals surface area (Å²) in [6.07, 6.45) is 0.743. The molecule has 3 heteroatoms. The van der Waals surface area contributed by atoms with Crippen LogP contribution in [-0.2, 0) is 6.42 Å². The summed E-state index contributed by atoms with van der Waals surface area (Å²) < 4.78 is 5.56. The molecule has 0 radical (unpaired) electrons. The van der Waals surface area contributed by atoms with Crippen LogP contribution in [0.25, 0.3) is 11.1 Å². The van der Waals surface area contributed by atoms with Crippen LogP contribution in [-0.4, -0.2) is 8.07 Å². The normalized spacial score (nSPS) is 11.7. The Bertz CT molecular complexity index is 664. The Kier molecular flexibility index (Phi) is 4.00. The van der Waals surface area contributed by atoms with Gasteiger partial charge in [-0.3, -0.25) is 0 Å². The van der Waals surface area contributed by atoms with Gasteiger partial charge in [0.25, 0.3) is 0 Å². The lowest BCUT2D eigenvalue weighted by atomic mass is 10.00. The van der Waals surface area contributed by atoms with Gasteiger partial charge in [0.2, 0.25) is 0 Å². The molecule has 0 unspecified atom stereocenters. The van der Waals surface area contributed by atoms with Crippen molar-refractivity contribution in [1.29, 1.82) is 0 Å². The molecule has 0 spiro atoms. The average molecular weight is 286 g/mol. The molecule has 0 aliphatic carbocycles. The highest BCUT2D eigenvalue weighted by Crippen LogP contribution is 2.25. The second-order valence-corrected chi connectivity index (χ2v) is 11.2. The smallest absolute Gasteiger partial charge is 0.335 e. The highest BCUT2D eigenvalue weighted by molar-refractivity contribution is 6.89. The molecule has 0 N–H and O–H groups in total. The molecule has 20 heavy (non-hydrogen) atoms. The van der Waals surface area contributed by atoms with Gasteiger partial charge in [0.15, 0.2) is 0 Å². The number of aryl methyl sites for hydroxylation is 1. The Morgan fingerprint density at radius 1 is 1.10 bits per heavy atom. The van der Waals surface area contributed by atoms with Gasteiger partial charge >= 0.3 is 5.63 Å². The summed E-state index contributed by atoms with van der Waals surface area (Å²) in [7, 11) is -1.78. The molecule has 0 saturated carbocycles. The van der Waals surface area contributed by atoms with Crippen LogP contribution >= 0.6 is 0 Å². The predicted octanol–water partition coefficient (Wildman–Crippen LogP) is 3.72. The molecule has 0 aliphatic rings. The van der Waals surface area contributed by atoms with Crippen molar-refractivity contribution in [2.45, 2.75) is 39.9 Å². The van der Waals surface area contributed by atoms with Crippen LogP contribution in [0.15, 0.2) is 39.5 Å². The van der Waals surface area contributed by atoms with Crippen molar-refractivity contribution in [3.63, 3.8) is 0 Å². The van der Waals surface area contributed by atoms with Crippen LogP contribution in [0, 0.1) is 6.92 Å². The Balaban J connectivity index is 2.89. The maximum absolute atomic E-state index is 12.5. The first kappa shape index (κ1) is 14.8. The second-order valence-electron chi connectivity index (χ2n) is 6.16. The first-order chi connectivity index (χ1) is 9.36. The summed E-state index contributed by atoms with van der Waals surface area (Å²) in [6, 6.07) is 10.2. The minimum atomic E-state index is -1.78. The van der Waals surface area contributed by atoms with Gasteiger partial charge in [-0.05, 0) is 23.6 Å². The van der Waals surface area contributed by atoms with E-state index in [9.17, 15) is 4.79 Å². The molecule has 2 aromatic rings. The number of hydrogen-bond acceptors (Lipinski definition) is 2. The lowest BCUT2D eigenvalue weighted by molar-refractivity contribution is 0.465. The van der Waals surface area contributed by atoms with Gasteiger partial charge in [0.05, 0.1) is 8.07 Å². The molecule has 0 saturated heterocycles. The van der Waals surface area contributed by atoms with Crippen LogP contribution in [0.5, 0.6) is 0 Å². The third-order valence-corrected chi connectivity index (χ3v) is 5.55. The predicted molar refractivity (Wildman–Crippen MR) is 87.5 cm³/mol. The third-order valence-electron chi connectivity index (χ3n) is 3.60. The van der Waals surface area contributed by atoms with E-state index in [0.717, 1.165) is 34.1 Å². The minimum absolute atomic E-state index is 0.148. The summed E-state index contributed by atoms with van der Waals surface area (Å²) in [5.41, 5.74) is 3.17. The molecular weight excluding hydrogens is 264 g/mol. The number of hydrogen-bond donors (Lipinski definition) is 0. The van der Waals surface area contributed by atoms with Crippen LogP contribution in [0.4, 0.5) is 0 Å². The maximum atomic E-state index is 12.5. The highest BCUT2D eigenvalue weighted by atomic mass is 28.3. The van der Waals surface area contributed by atoms with Gasteiger partial charge in [0, 0.05) is 11.6 Å². The Labute approximate surface area is 121 Å². The zero-order chi connectivity index (χ0) is 14.9. The molecular formula is C17H22O2Si. The molecule has 0 aliphatic heterocycles. The fourth-order valence-electron chi connectivity index (χ4n) is 2.65. The van der Waals surface area contributed by atoms with E-state index in [1.165, 1.54) is 0 Å². The maximum Gasteiger partial charge on any atom is 0.335 e. The van der Waals surface area contributed by atoms with Crippen LogP contribution in [0.1, 0.15) is 18.2 Å². The Hall–Kier alpha value is -1.61. The van der Waals surface area contributed by atoms with Gasteiger partial charge in [-0.25, -0.2) is 4.79 Å². The fourth-order valence-corrected chi connectivity index (χ4v) is 4.40. The van der Waals surface area contributed by atoms with E-state index in [-0.39, 0.29) is 5.63 Å². The first-order valence-electron chi connectivity index (χ1n) is 7.08. The topological polar surface area (TPSA) is 30.2 Å². The largest absolute Gasteiger partial charge is 0.428 e. The van der Waals surface area contributed by atoms with Crippen molar-refractivity contribution < 1.29 is 4.42 Å². The molecule has 1 aromatic carbocycles. The second kappa shape index (κ2) is 5.41. The van der Waals surface area contributed by atoms with E-state index in [0.29, 0.717) is 0 Å². The van der Waals surface area contributed by atoms with E-state index in [1.54, 1.807) is 0 Å². The summed E-state index contributed by atoms with van der Waals surface area (Å²) >= 11 is 0. The molecule has 2 nitrogen and oxygen atoms in total. The SMILES string of the molecule is CCc1oc(=O)c([Si](C)(C)C)c(-c2ccccc2)c1C. The van der Waals surface area contributed by atoms with Gasteiger partial charge in [-0.1, -0.05) is 56.9 Å². The van der Waals surface area contributed by atoms with Gasteiger partial charge < -0.3 is 4.42 Å². The third kappa shape index (κ3) is 2.63. The summed E-state index contributed by atoms with van der Waals surface area (Å²) in [6.45, 7) is 10.7. The van der Waals surface area contributed by atoms with Crippen molar-refractivity contribution >= 4 is 13.3 Å². The minimum Gasteiger partial charge on any atom is -0.428 e. The molecule has 106 valence electrons. The van der Waals surface area contributed by atoms with Crippen molar-refractivity contribution in [2.24, 2.45) is 0 Å². The lowest BCUT2D eigenvalue weighted by Gasteiger charge is -2.22. The molecule has 2 rings (SSSR count). The highest BCUT2D eigenvalue weighted by Gasteiger charge is 2.28. The van der Waals surface area contributed by atoms with Gasteiger partial charge in [0.1, 0.15) is 5.76 Å². The van der Waals surface area contributed by atoms with Gasteiger partial charge in [-0.15, -0.1) is 0 Å². The molecule has 0 atom stereocenters. The summed E-state index contributed by atoms with van der Waals surface area (Å²) in [4.78, 5) is 12.5. The van der Waals surface area contributed by atoms with E-state index in [2.05, 4.69) is 38.7 Å².